The van der Waals surface area contributed by atoms with Crippen LogP contribution in [0.2, 0.25) is 0 Å². The minimum absolute atomic E-state index is 0. The van der Waals surface area contributed by atoms with Crippen molar-refractivity contribution in [2.45, 2.75) is 39.6 Å². The summed E-state index contributed by atoms with van der Waals surface area (Å²) in [6.45, 7) is 5.18. The van der Waals surface area contributed by atoms with E-state index in [-0.39, 0.29) is 25.6 Å². The number of carboxylic acid groups (broad SMARTS) is 1. The van der Waals surface area contributed by atoms with Crippen molar-refractivity contribution in [3.05, 3.63) is 106 Å². The van der Waals surface area contributed by atoms with Gasteiger partial charge in [-0.05, 0) is 77.6 Å². The standard InChI is InChI=1S/C35H34N2O7.ClH/c1-22-13-28(18-37-30(19-38)35(39)40)33(43-20-25-6-3-5-24(14-25)17-36)16-32(22)44-21-27-7-4-8-29(23(27)2)26-9-10-31-34(15-26)42-12-11-41-31;/h3-10,13-16,30,37-38H,11-12,18-21H2,1-2H3,(H,39,40);1H. The molecule has 5 rings (SSSR count). The van der Waals surface area contributed by atoms with E-state index in [4.69, 9.17) is 18.9 Å². The van der Waals surface area contributed by atoms with Crippen LogP contribution in [0.3, 0.4) is 0 Å². The molecule has 45 heavy (non-hydrogen) atoms. The number of carbonyl (C=O) groups is 1. The largest absolute Gasteiger partial charge is 0.488 e. The van der Waals surface area contributed by atoms with Gasteiger partial charge in [-0.1, -0.05) is 36.4 Å². The van der Waals surface area contributed by atoms with Crippen molar-refractivity contribution in [1.82, 2.24) is 5.32 Å². The summed E-state index contributed by atoms with van der Waals surface area (Å²) in [6.07, 6.45) is 0. The highest BCUT2D eigenvalue weighted by molar-refractivity contribution is 5.85. The first-order chi connectivity index (χ1) is 21.4. The molecule has 9 nitrogen and oxygen atoms in total. The highest BCUT2D eigenvalue weighted by Crippen LogP contribution is 2.37. The van der Waals surface area contributed by atoms with Crippen LogP contribution in [0.1, 0.15) is 33.4 Å². The maximum atomic E-state index is 11.4. The second-order valence-electron chi connectivity index (χ2n) is 10.5. The fourth-order valence-electron chi connectivity index (χ4n) is 5.03. The molecule has 0 bridgehead atoms. The van der Waals surface area contributed by atoms with Crippen LogP contribution in [0.5, 0.6) is 23.0 Å². The second kappa shape index (κ2) is 15.3. The minimum atomic E-state index is -1.14. The fourth-order valence-corrected chi connectivity index (χ4v) is 5.03. The van der Waals surface area contributed by atoms with E-state index >= 15 is 0 Å². The predicted octanol–water partition coefficient (Wildman–Crippen LogP) is 5.73. The van der Waals surface area contributed by atoms with Gasteiger partial charge in [0.1, 0.15) is 44.0 Å². The van der Waals surface area contributed by atoms with Crippen molar-refractivity contribution in [2.24, 2.45) is 0 Å². The van der Waals surface area contributed by atoms with Crippen molar-refractivity contribution in [3.8, 4) is 40.2 Å². The number of carboxylic acids is 1. The number of nitrogens with one attached hydrogen (secondary N) is 1. The molecule has 0 fully saturated rings. The van der Waals surface area contributed by atoms with Gasteiger partial charge in [-0.2, -0.15) is 5.26 Å². The second-order valence-corrected chi connectivity index (χ2v) is 10.5. The molecule has 4 aromatic carbocycles. The predicted molar refractivity (Wildman–Crippen MR) is 171 cm³/mol. The zero-order valence-electron chi connectivity index (χ0n) is 25.0. The third-order valence-electron chi connectivity index (χ3n) is 7.51. The first kappa shape index (κ1) is 33.1. The van der Waals surface area contributed by atoms with Crippen molar-refractivity contribution < 1.29 is 34.0 Å². The van der Waals surface area contributed by atoms with Crippen LogP contribution in [0, 0.1) is 25.2 Å². The Labute approximate surface area is 268 Å². The summed E-state index contributed by atoms with van der Waals surface area (Å²) >= 11 is 0. The quantitative estimate of drug-likeness (QED) is 0.180. The molecular weight excluding hydrogens is 596 g/mol. The molecule has 0 spiro atoms. The summed E-state index contributed by atoms with van der Waals surface area (Å²) in [6, 6.07) is 23.9. The molecule has 0 saturated heterocycles. The van der Waals surface area contributed by atoms with E-state index < -0.39 is 18.6 Å². The molecular formula is C35H35ClN2O7. The first-order valence-electron chi connectivity index (χ1n) is 14.3. The van der Waals surface area contributed by atoms with Gasteiger partial charge in [-0.15, -0.1) is 12.4 Å². The first-order valence-corrected chi connectivity index (χ1v) is 14.3. The van der Waals surface area contributed by atoms with E-state index in [0.29, 0.717) is 42.4 Å². The summed E-state index contributed by atoms with van der Waals surface area (Å²) in [4.78, 5) is 11.4. The smallest absolute Gasteiger partial charge is 0.323 e. The summed E-state index contributed by atoms with van der Waals surface area (Å²) in [7, 11) is 0. The molecule has 1 heterocycles. The molecule has 10 heteroatoms. The fraction of sp³-hybridized carbons (Fsp3) is 0.257. The number of halogens is 1. The maximum Gasteiger partial charge on any atom is 0.323 e. The summed E-state index contributed by atoms with van der Waals surface area (Å²) in [5.41, 5.74) is 7.10. The lowest BCUT2D eigenvalue weighted by atomic mass is 9.96. The maximum absolute atomic E-state index is 11.4. The monoisotopic (exact) mass is 630 g/mol. The number of aliphatic hydroxyl groups is 1. The average Bonchev–Trinajstić information content (AvgIpc) is 3.04. The lowest BCUT2D eigenvalue weighted by Gasteiger charge is -2.20. The van der Waals surface area contributed by atoms with Crippen LogP contribution in [0.15, 0.2) is 72.8 Å². The van der Waals surface area contributed by atoms with Gasteiger partial charge >= 0.3 is 5.97 Å². The molecule has 1 unspecified atom stereocenters. The molecule has 0 aromatic heterocycles. The Bertz CT molecular complexity index is 1700. The number of nitrogens with zero attached hydrogens (tertiary/aromatic N) is 1. The number of aryl methyl sites for hydroxylation is 1. The van der Waals surface area contributed by atoms with Gasteiger partial charge < -0.3 is 29.2 Å². The number of hydrogen-bond acceptors (Lipinski definition) is 8. The van der Waals surface area contributed by atoms with E-state index in [1.54, 1.807) is 24.3 Å². The molecule has 0 amide bonds. The van der Waals surface area contributed by atoms with E-state index in [2.05, 4.69) is 24.4 Å². The van der Waals surface area contributed by atoms with Crippen LogP contribution >= 0.6 is 12.4 Å². The van der Waals surface area contributed by atoms with Crippen LogP contribution in [-0.4, -0.2) is 42.0 Å². The molecule has 1 atom stereocenters. The van der Waals surface area contributed by atoms with Crippen LogP contribution in [0.25, 0.3) is 11.1 Å². The van der Waals surface area contributed by atoms with Crippen LogP contribution in [0.4, 0.5) is 0 Å². The van der Waals surface area contributed by atoms with Gasteiger partial charge in [0, 0.05) is 18.2 Å². The normalized spacial score (nSPS) is 12.4. The molecule has 1 aliphatic heterocycles. The molecule has 0 saturated carbocycles. The Morgan fingerprint density at radius 2 is 1.69 bits per heavy atom. The molecule has 234 valence electrons. The molecule has 1 aliphatic rings. The zero-order chi connectivity index (χ0) is 31.1. The Kier molecular flexibility index (Phi) is 11.3. The third kappa shape index (κ3) is 8.05. The van der Waals surface area contributed by atoms with Gasteiger partial charge in [-0.25, -0.2) is 0 Å². The number of nitriles is 1. The molecule has 0 radical (unpaired) electrons. The number of hydrogen-bond donors (Lipinski definition) is 3. The van der Waals surface area contributed by atoms with Crippen LogP contribution in [-0.2, 0) is 24.6 Å². The Balaban J connectivity index is 0.00000461. The van der Waals surface area contributed by atoms with Crippen molar-refractivity contribution >= 4 is 18.4 Å². The van der Waals surface area contributed by atoms with E-state index in [1.807, 2.05) is 49.4 Å². The summed E-state index contributed by atoms with van der Waals surface area (Å²) < 4.78 is 24.0. The van der Waals surface area contributed by atoms with E-state index in [0.717, 1.165) is 44.9 Å². The van der Waals surface area contributed by atoms with Gasteiger partial charge in [0.2, 0.25) is 0 Å². The van der Waals surface area contributed by atoms with Gasteiger partial charge in [-0.3, -0.25) is 10.1 Å². The van der Waals surface area contributed by atoms with Crippen molar-refractivity contribution in [2.75, 3.05) is 19.8 Å². The topological polar surface area (TPSA) is 130 Å². The number of fused-ring (bicyclic) bond motifs is 1. The number of benzene rings is 4. The molecule has 0 aliphatic carbocycles. The summed E-state index contributed by atoms with van der Waals surface area (Å²) in [5, 5.41) is 30.9. The van der Waals surface area contributed by atoms with Gasteiger partial charge in [0.05, 0.1) is 18.2 Å². The average molecular weight is 631 g/mol. The van der Waals surface area contributed by atoms with E-state index in [1.165, 1.54) is 0 Å². The highest BCUT2D eigenvalue weighted by atomic mass is 35.5. The van der Waals surface area contributed by atoms with Gasteiger partial charge in [0.25, 0.3) is 0 Å². The highest BCUT2D eigenvalue weighted by Gasteiger charge is 2.18. The molecule has 4 aromatic rings. The van der Waals surface area contributed by atoms with E-state index in [9.17, 15) is 20.3 Å². The minimum Gasteiger partial charge on any atom is -0.488 e. The molecule has 3 N–H and O–H groups in total. The Morgan fingerprint density at radius 1 is 0.933 bits per heavy atom. The SMILES string of the molecule is Cc1cc(CNC(CO)C(=O)O)c(OCc2cccc(C#N)c2)cc1OCc1cccc(-c2ccc3c(c2)OCCO3)c1C.Cl. The Morgan fingerprint density at radius 3 is 2.44 bits per heavy atom. The van der Waals surface area contributed by atoms with Crippen molar-refractivity contribution in [1.29, 1.82) is 5.26 Å². The zero-order valence-corrected chi connectivity index (χ0v) is 25.9. The number of rotatable bonds is 12. The third-order valence-corrected chi connectivity index (χ3v) is 7.51. The number of aliphatic carboxylic acids is 1. The Hall–Kier alpha value is -4.75. The number of aliphatic hydroxyl groups excluding tert-OH is 1. The van der Waals surface area contributed by atoms with Crippen molar-refractivity contribution in [3.63, 3.8) is 0 Å². The van der Waals surface area contributed by atoms with Crippen LogP contribution < -0.4 is 24.3 Å². The lowest BCUT2D eigenvalue weighted by molar-refractivity contribution is -0.140. The summed E-state index contributed by atoms with van der Waals surface area (Å²) in [5.74, 6) is 1.46. The van der Waals surface area contributed by atoms with Gasteiger partial charge in [0.15, 0.2) is 11.5 Å². The lowest BCUT2D eigenvalue weighted by Crippen LogP contribution is -2.39. The number of ether oxygens (including phenoxy) is 4.